The molecule has 2 aromatic rings. The first-order chi connectivity index (χ1) is 10.2. The van der Waals surface area contributed by atoms with Crippen molar-refractivity contribution in [3.63, 3.8) is 0 Å². The Morgan fingerprint density at radius 3 is 2.23 bits per heavy atom. The minimum atomic E-state index is -4.40. The molecule has 22 heavy (non-hydrogen) atoms. The van der Waals surface area contributed by atoms with Gasteiger partial charge in [-0.15, -0.1) is 0 Å². The third-order valence-electron chi connectivity index (χ3n) is 3.23. The van der Waals surface area contributed by atoms with Crippen molar-refractivity contribution in [3.8, 4) is 0 Å². The zero-order valence-electron chi connectivity index (χ0n) is 11.7. The van der Waals surface area contributed by atoms with Crippen LogP contribution in [0.4, 0.5) is 13.2 Å². The quantitative estimate of drug-likeness (QED) is 0.860. The van der Waals surface area contributed by atoms with Crippen LogP contribution in [0.15, 0.2) is 53.7 Å². The molecule has 1 atom stereocenters. The van der Waals surface area contributed by atoms with Gasteiger partial charge in [-0.2, -0.15) is 13.2 Å². The molecule has 0 aliphatic rings. The van der Waals surface area contributed by atoms with Gasteiger partial charge in [0.05, 0.1) is 11.3 Å². The van der Waals surface area contributed by atoms with Gasteiger partial charge in [-0.3, -0.25) is 0 Å². The molecule has 0 aliphatic heterocycles. The summed E-state index contributed by atoms with van der Waals surface area (Å²) in [5.74, 6) is -0.649. The van der Waals surface area contributed by atoms with E-state index in [-0.39, 0.29) is 10.8 Å². The first-order valence-electron chi connectivity index (χ1n) is 6.51. The summed E-state index contributed by atoms with van der Waals surface area (Å²) in [5.41, 5.74) is -0.219. The maximum Gasteiger partial charge on any atom is 0.416 e. The highest BCUT2D eigenvalue weighted by Crippen LogP contribution is 2.30. The lowest BCUT2D eigenvalue weighted by atomic mass is 10.0. The van der Waals surface area contributed by atoms with Crippen molar-refractivity contribution >= 4 is 9.84 Å². The molecule has 0 radical (unpaired) electrons. The number of nitrogens with zero attached hydrogens (tertiary/aromatic N) is 1. The Balaban J connectivity index is 2.17. The fraction of sp³-hybridized carbons (Fsp3) is 0.267. The molecule has 0 bridgehead atoms. The number of pyridine rings is 1. The maximum absolute atomic E-state index is 12.5. The van der Waals surface area contributed by atoms with Gasteiger partial charge in [-0.25, -0.2) is 13.4 Å². The molecule has 0 saturated heterocycles. The molecule has 1 aromatic heterocycles. The summed E-state index contributed by atoms with van der Waals surface area (Å²) in [7, 11) is -3.58. The van der Waals surface area contributed by atoms with Crippen LogP contribution in [-0.2, 0) is 16.0 Å². The largest absolute Gasteiger partial charge is 0.416 e. The van der Waals surface area contributed by atoms with Crippen LogP contribution in [0.3, 0.4) is 0 Å². The van der Waals surface area contributed by atoms with E-state index in [1.807, 2.05) is 0 Å². The number of hydrogen-bond donors (Lipinski definition) is 0. The van der Waals surface area contributed by atoms with Crippen molar-refractivity contribution in [2.24, 2.45) is 0 Å². The lowest BCUT2D eigenvalue weighted by Crippen LogP contribution is -2.14. The molecule has 0 fully saturated rings. The van der Waals surface area contributed by atoms with Crippen LogP contribution in [0, 0.1) is 0 Å². The first kappa shape index (κ1) is 16.5. The van der Waals surface area contributed by atoms with Crippen molar-refractivity contribution in [1.82, 2.24) is 4.98 Å². The summed E-state index contributed by atoms with van der Waals surface area (Å²) in [4.78, 5) is 3.81. The molecule has 0 amide bonds. The third kappa shape index (κ3) is 3.85. The Bertz CT molecular complexity index is 726. The van der Waals surface area contributed by atoms with E-state index in [1.165, 1.54) is 24.4 Å². The fourth-order valence-corrected chi connectivity index (χ4v) is 3.57. The smallest absolute Gasteiger partial charge is 0.245 e. The van der Waals surface area contributed by atoms with E-state index < -0.39 is 27.5 Å². The van der Waals surface area contributed by atoms with Crippen LogP contribution < -0.4 is 0 Å². The second-order valence-electron chi connectivity index (χ2n) is 4.97. The van der Waals surface area contributed by atoms with E-state index in [0.717, 1.165) is 12.1 Å². The van der Waals surface area contributed by atoms with Crippen LogP contribution in [0.2, 0.25) is 0 Å². The zero-order valence-corrected chi connectivity index (χ0v) is 12.5. The van der Waals surface area contributed by atoms with Crippen LogP contribution in [0.25, 0.3) is 0 Å². The molecular weight excluding hydrogens is 315 g/mol. The van der Waals surface area contributed by atoms with Gasteiger partial charge in [0.2, 0.25) is 0 Å². The summed E-state index contributed by atoms with van der Waals surface area (Å²) in [6.07, 6.45) is -3.02. The Morgan fingerprint density at radius 2 is 1.73 bits per heavy atom. The fourth-order valence-electron chi connectivity index (χ4n) is 2.04. The molecule has 7 heteroatoms. The summed E-state index contributed by atoms with van der Waals surface area (Å²) < 4.78 is 61.9. The number of alkyl halides is 3. The van der Waals surface area contributed by atoms with Gasteiger partial charge >= 0.3 is 6.18 Å². The van der Waals surface area contributed by atoms with Gasteiger partial charge < -0.3 is 0 Å². The van der Waals surface area contributed by atoms with Crippen molar-refractivity contribution in [3.05, 3.63) is 59.8 Å². The lowest BCUT2D eigenvalue weighted by molar-refractivity contribution is -0.137. The molecule has 118 valence electrons. The van der Waals surface area contributed by atoms with Gasteiger partial charge in [0.1, 0.15) is 0 Å². The first-order valence-corrected chi connectivity index (χ1v) is 8.16. The number of rotatable bonds is 4. The molecule has 3 nitrogen and oxygen atoms in total. The second kappa shape index (κ2) is 6.08. The van der Waals surface area contributed by atoms with Crippen LogP contribution in [-0.4, -0.2) is 19.2 Å². The van der Waals surface area contributed by atoms with E-state index >= 15 is 0 Å². The minimum Gasteiger partial charge on any atom is -0.245 e. The number of aromatic nitrogens is 1. The van der Waals surface area contributed by atoms with E-state index in [2.05, 4.69) is 4.98 Å². The maximum atomic E-state index is 12.5. The minimum absolute atomic E-state index is 0.0336. The van der Waals surface area contributed by atoms with E-state index in [1.54, 1.807) is 19.1 Å². The highest BCUT2D eigenvalue weighted by atomic mass is 32.2. The van der Waals surface area contributed by atoms with E-state index in [0.29, 0.717) is 5.56 Å². The third-order valence-corrected chi connectivity index (χ3v) is 5.05. The van der Waals surface area contributed by atoms with Gasteiger partial charge in [-0.05, 0) is 35.7 Å². The van der Waals surface area contributed by atoms with E-state index in [4.69, 9.17) is 0 Å². The van der Waals surface area contributed by atoms with Crippen LogP contribution in [0.5, 0.6) is 0 Å². The predicted molar refractivity (Wildman–Crippen MR) is 76.1 cm³/mol. The molecule has 1 heterocycles. The molecular formula is C15H14F3NO2S. The molecule has 1 aromatic carbocycles. The Kier molecular flexibility index (Phi) is 4.55. The van der Waals surface area contributed by atoms with Gasteiger partial charge in [0.25, 0.3) is 0 Å². The number of halogens is 3. The highest BCUT2D eigenvalue weighted by Gasteiger charge is 2.30. The van der Waals surface area contributed by atoms with Crippen LogP contribution >= 0.6 is 0 Å². The topological polar surface area (TPSA) is 47.0 Å². The van der Waals surface area contributed by atoms with Crippen molar-refractivity contribution < 1.29 is 21.6 Å². The zero-order chi connectivity index (χ0) is 16.4. The van der Waals surface area contributed by atoms with Crippen molar-refractivity contribution in [2.75, 3.05) is 5.75 Å². The average Bonchev–Trinajstić information content (AvgIpc) is 2.47. The molecule has 0 aliphatic carbocycles. The average molecular weight is 329 g/mol. The summed E-state index contributed by atoms with van der Waals surface area (Å²) in [5, 5.41) is -0.0336. The molecule has 2 rings (SSSR count). The normalized spacial score (nSPS) is 13.8. The van der Waals surface area contributed by atoms with Gasteiger partial charge in [0.15, 0.2) is 14.9 Å². The molecule has 0 spiro atoms. The highest BCUT2D eigenvalue weighted by molar-refractivity contribution is 7.91. The Labute approximate surface area is 126 Å². The standard InChI is InChI=1S/C15H14F3NO2S/c1-11(10-22(20,21)14-4-2-3-9-19-14)12-5-7-13(8-6-12)15(16,17)18/h2-9,11H,10H2,1H3/t11-/m1/s1. The summed E-state index contributed by atoms with van der Waals surface area (Å²) >= 11 is 0. The van der Waals surface area contributed by atoms with Crippen molar-refractivity contribution in [1.29, 1.82) is 0 Å². The molecule has 0 unspecified atom stereocenters. The SMILES string of the molecule is C[C@H](CS(=O)(=O)c1ccccn1)c1ccc(C(F)(F)F)cc1. The number of sulfone groups is 1. The van der Waals surface area contributed by atoms with Gasteiger partial charge in [0, 0.05) is 6.20 Å². The van der Waals surface area contributed by atoms with Crippen LogP contribution in [0.1, 0.15) is 24.0 Å². The Morgan fingerprint density at radius 1 is 1.09 bits per heavy atom. The molecule has 0 N–H and O–H groups in total. The lowest BCUT2D eigenvalue weighted by Gasteiger charge is -2.13. The summed E-state index contributed by atoms with van der Waals surface area (Å²) in [6, 6.07) is 9.11. The van der Waals surface area contributed by atoms with Gasteiger partial charge in [-0.1, -0.05) is 25.1 Å². The Hall–Kier alpha value is -1.89. The van der Waals surface area contributed by atoms with E-state index in [9.17, 15) is 21.6 Å². The predicted octanol–water partition coefficient (Wildman–Crippen LogP) is 3.68. The van der Waals surface area contributed by atoms with Crippen molar-refractivity contribution in [2.45, 2.75) is 24.0 Å². The number of benzene rings is 1. The second-order valence-corrected chi connectivity index (χ2v) is 6.95. The number of hydrogen-bond acceptors (Lipinski definition) is 3. The molecule has 0 saturated carbocycles. The summed E-state index contributed by atoms with van der Waals surface area (Å²) in [6.45, 7) is 1.66. The monoisotopic (exact) mass is 329 g/mol.